The van der Waals surface area contributed by atoms with Crippen molar-refractivity contribution in [2.24, 2.45) is 4.99 Å². The van der Waals surface area contributed by atoms with Crippen LogP contribution in [0, 0.1) is 6.57 Å². The second-order valence-corrected chi connectivity index (χ2v) is 6.56. The molecule has 0 aromatic heterocycles. The summed E-state index contributed by atoms with van der Waals surface area (Å²) in [5.74, 6) is -1.79. The maximum atomic E-state index is 12.5. The van der Waals surface area contributed by atoms with Crippen molar-refractivity contribution in [3.05, 3.63) is 77.3 Å². The zero-order chi connectivity index (χ0) is 23.3. The molecule has 5 N–H and O–H groups in total. The molecule has 0 radical (unpaired) electrons. The van der Waals surface area contributed by atoms with Crippen molar-refractivity contribution >= 4 is 29.4 Å². The van der Waals surface area contributed by atoms with E-state index in [1.807, 2.05) is 6.92 Å². The van der Waals surface area contributed by atoms with Crippen molar-refractivity contribution in [2.45, 2.75) is 19.4 Å². The average Bonchev–Trinajstić information content (AvgIpc) is 2.78. The van der Waals surface area contributed by atoms with E-state index in [4.69, 9.17) is 11.7 Å². The minimum atomic E-state index is -1.05. The molecular formula is C22H24N6O4. The molecule has 2 amide bonds. The van der Waals surface area contributed by atoms with Crippen LogP contribution in [0.3, 0.4) is 0 Å². The number of rotatable bonds is 9. The number of carbonyl (C=O) groups excluding carboxylic acids is 2. The van der Waals surface area contributed by atoms with Gasteiger partial charge in [0.15, 0.2) is 0 Å². The summed E-state index contributed by atoms with van der Waals surface area (Å²) in [6.07, 6.45) is -0.280. The average molecular weight is 436 g/mol. The molecule has 0 fully saturated rings. The number of aliphatic carboxylic acids is 1. The number of benzene rings is 2. The van der Waals surface area contributed by atoms with E-state index in [1.54, 1.807) is 54.6 Å². The summed E-state index contributed by atoms with van der Waals surface area (Å²) in [5, 5.41) is 17.2. The van der Waals surface area contributed by atoms with Gasteiger partial charge in [-0.1, -0.05) is 41.8 Å². The first kappa shape index (κ1) is 23.9. The number of anilines is 1. The van der Waals surface area contributed by atoms with E-state index in [0.29, 0.717) is 23.4 Å². The number of carboxylic acids is 1. The van der Waals surface area contributed by atoms with Gasteiger partial charge in [0, 0.05) is 17.8 Å². The lowest BCUT2D eigenvalue weighted by molar-refractivity contribution is -0.137. The van der Waals surface area contributed by atoms with Gasteiger partial charge in [-0.25, -0.2) is 4.99 Å². The number of hydrogen-bond acceptors (Lipinski definition) is 4. The van der Waals surface area contributed by atoms with Gasteiger partial charge in [0.25, 0.3) is 11.9 Å². The zero-order valence-corrected chi connectivity index (χ0v) is 17.5. The number of aliphatic imine (C=N–C) groups is 1. The molecule has 166 valence electrons. The van der Waals surface area contributed by atoms with E-state index in [9.17, 15) is 14.4 Å². The zero-order valence-electron chi connectivity index (χ0n) is 17.5. The highest BCUT2D eigenvalue weighted by Crippen LogP contribution is 2.16. The summed E-state index contributed by atoms with van der Waals surface area (Å²) in [5.41, 5.74) is 3.90. The molecular weight excluding hydrogens is 412 g/mol. The minimum absolute atomic E-state index is 0.254. The maximum absolute atomic E-state index is 12.5. The Bertz CT molecular complexity index is 1020. The Balaban J connectivity index is 1.98. The predicted octanol–water partition coefficient (Wildman–Crippen LogP) is 1.96. The Morgan fingerprint density at radius 3 is 2.53 bits per heavy atom. The van der Waals surface area contributed by atoms with E-state index < -0.39 is 23.8 Å². The molecule has 0 bridgehead atoms. The van der Waals surface area contributed by atoms with Crippen LogP contribution in [-0.2, 0) is 9.59 Å². The number of guanidine groups is 1. The lowest BCUT2D eigenvalue weighted by Crippen LogP contribution is -2.39. The molecule has 10 heteroatoms. The van der Waals surface area contributed by atoms with Crippen LogP contribution in [-0.4, -0.2) is 41.9 Å². The van der Waals surface area contributed by atoms with Crippen molar-refractivity contribution in [3.63, 3.8) is 0 Å². The van der Waals surface area contributed by atoms with Crippen LogP contribution in [0.15, 0.2) is 59.6 Å². The smallest absolute Gasteiger partial charge is 0.305 e. The van der Waals surface area contributed by atoms with Crippen LogP contribution in [0.1, 0.15) is 35.3 Å². The standard InChI is InChI=1S/C22H24N6O4/c1-3-24-22(28-23-2)26-17-11-7-10-16(12-17)21(32)25-14-19(29)27-18(13-20(30)31)15-8-5-4-6-9-15/h4-12,18H,3,13-14H2,1H3,(H,25,32)(H,27,29)(H,30,31)(H2,24,26,28). The third kappa shape index (κ3) is 7.79. The molecule has 0 aliphatic rings. The molecule has 1 atom stereocenters. The van der Waals surface area contributed by atoms with Crippen molar-refractivity contribution < 1.29 is 19.5 Å². The van der Waals surface area contributed by atoms with E-state index in [1.165, 1.54) is 0 Å². The van der Waals surface area contributed by atoms with Crippen molar-refractivity contribution in [2.75, 3.05) is 18.4 Å². The fourth-order valence-corrected chi connectivity index (χ4v) is 2.81. The van der Waals surface area contributed by atoms with Crippen LogP contribution < -0.4 is 21.4 Å². The molecule has 0 heterocycles. The SMILES string of the molecule is [C-]#[N+]NC(=NCC)Nc1cccc(C(=O)NCC(=O)NC(CC(=O)O)c2ccccc2)c1. The molecule has 2 aromatic rings. The van der Waals surface area contributed by atoms with Gasteiger partial charge in [-0.3, -0.25) is 14.4 Å². The Morgan fingerprint density at radius 1 is 1.12 bits per heavy atom. The summed E-state index contributed by atoms with van der Waals surface area (Å²) in [4.78, 5) is 43.1. The lowest BCUT2D eigenvalue weighted by Gasteiger charge is -2.17. The molecule has 0 aliphatic heterocycles. The van der Waals surface area contributed by atoms with Gasteiger partial charge in [0.2, 0.25) is 5.91 Å². The fourth-order valence-electron chi connectivity index (χ4n) is 2.81. The first-order chi connectivity index (χ1) is 15.4. The number of hydrogen-bond donors (Lipinski definition) is 5. The molecule has 32 heavy (non-hydrogen) atoms. The Morgan fingerprint density at radius 2 is 1.88 bits per heavy atom. The number of nitrogens with one attached hydrogen (secondary N) is 4. The van der Waals surface area contributed by atoms with Crippen LogP contribution in [0.5, 0.6) is 0 Å². The number of carboxylic acid groups (broad SMARTS) is 1. The molecule has 10 nitrogen and oxygen atoms in total. The first-order valence-electron chi connectivity index (χ1n) is 9.81. The molecule has 1 unspecified atom stereocenters. The number of carbonyl (C=O) groups is 3. The van der Waals surface area contributed by atoms with Crippen LogP contribution in [0.2, 0.25) is 0 Å². The van der Waals surface area contributed by atoms with E-state index in [-0.39, 0.29) is 18.9 Å². The summed E-state index contributed by atoms with van der Waals surface area (Å²) in [6, 6.07) is 14.5. The monoisotopic (exact) mass is 436 g/mol. The van der Waals surface area contributed by atoms with E-state index in [2.05, 4.69) is 31.3 Å². The Hall–Kier alpha value is -4.39. The van der Waals surface area contributed by atoms with Gasteiger partial charge in [-0.05, 0) is 30.7 Å². The molecule has 0 spiro atoms. The summed E-state index contributed by atoms with van der Waals surface area (Å²) in [7, 11) is 0. The molecule has 0 saturated heterocycles. The van der Waals surface area contributed by atoms with Gasteiger partial charge >= 0.3 is 5.97 Å². The lowest BCUT2D eigenvalue weighted by atomic mass is 10.0. The summed E-state index contributed by atoms with van der Waals surface area (Å²) >= 11 is 0. The highest BCUT2D eigenvalue weighted by atomic mass is 16.4. The van der Waals surface area contributed by atoms with Crippen molar-refractivity contribution in [1.82, 2.24) is 16.1 Å². The first-order valence-corrected chi connectivity index (χ1v) is 9.81. The van der Waals surface area contributed by atoms with Crippen LogP contribution in [0.4, 0.5) is 5.69 Å². The molecule has 0 saturated carbocycles. The van der Waals surface area contributed by atoms with Gasteiger partial charge in [0.1, 0.15) is 0 Å². The topological polar surface area (TPSA) is 136 Å². The van der Waals surface area contributed by atoms with Crippen molar-refractivity contribution in [3.8, 4) is 0 Å². The summed E-state index contributed by atoms with van der Waals surface area (Å²) < 4.78 is 0. The minimum Gasteiger partial charge on any atom is -0.481 e. The quantitative estimate of drug-likeness (QED) is 0.176. The predicted molar refractivity (Wildman–Crippen MR) is 120 cm³/mol. The number of nitrogens with zero attached hydrogens (tertiary/aromatic N) is 2. The molecule has 2 rings (SSSR count). The van der Waals surface area contributed by atoms with Gasteiger partial charge in [0.05, 0.1) is 19.0 Å². The van der Waals surface area contributed by atoms with Crippen LogP contribution in [0.25, 0.3) is 4.95 Å². The Labute approximate surface area is 185 Å². The maximum Gasteiger partial charge on any atom is 0.305 e. The van der Waals surface area contributed by atoms with Crippen molar-refractivity contribution in [1.29, 1.82) is 0 Å². The third-order valence-corrected chi connectivity index (χ3v) is 4.19. The second-order valence-electron chi connectivity index (χ2n) is 6.56. The normalized spacial score (nSPS) is 11.6. The fraction of sp³-hybridized carbons (Fsp3) is 0.227. The van der Waals surface area contributed by atoms with Gasteiger partial charge in [-0.15, -0.1) is 0 Å². The summed E-state index contributed by atoms with van der Waals surface area (Å²) in [6.45, 7) is 8.85. The largest absolute Gasteiger partial charge is 0.481 e. The Kier molecular flexibility index (Phi) is 9.21. The third-order valence-electron chi connectivity index (χ3n) is 4.19. The molecule has 2 aromatic carbocycles. The second kappa shape index (κ2) is 12.3. The van der Waals surface area contributed by atoms with Gasteiger partial charge < -0.3 is 21.1 Å². The van der Waals surface area contributed by atoms with E-state index in [0.717, 1.165) is 0 Å². The number of amides is 2. The highest BCUT2D eigenvalue weighted by molar-refractivity contribution is 5.99. The van der Waals surface area contributed by atoms with Crippen LogP contribution >= 0.6 is 0 Å². The van der Waals surface area contributed by atoms with Gasteiger partial charge in [-0.2, -0.15) is 11.5 Å². The molecule has 0 aliphatic carbocycles. The van der Waals surface area contributed by atoms with E-state index >= 15 is 0 Å². The highest BCUT2D eigenvalue weighted by Gasteiger charge is 2.18.